The second-order valence-corrected chi connectivity index (χ2v) is 17.0. The molecule has 4 aliphatic rings. The van der Waals surface area contributed by atoms with Crippen LogP contribution in [0.5, 0.6) is 0 Å². The molecule has 14 heteroatoms. The lowest BCUT2D eigenvalue weighted by Gasteiger charge is -2.36. The number of aromatic amines is 2. The molecular weight excluding hydrogens is 793 g/mol. The van der Waals surface area contributed by atoms with Gasteiger partial charge < -0.3 is 34.7 Å². The van der Waals surface area contributed by atoms with Gasteiger partial charge in [0, 0.05) is 112 Å². The minimum Gasteiger partial charge on any atom is -0.444 e. The van der Waals surface area contributed by atoms with Crippen molar-refractivity contribution in [3.05, 3.63) is 164 Å². The van der Waals surface area contributed by atoms with E-state index in [1.165, 1.54) is 5.56 Å². The number of carbonyl (C=O) groups excluding carboxylic acids is 1. The van der Waals surface area contributed by atoms with Crippen molar-refractivity contribution in [3.63, 3.8) is 0 Å². The molecule has 0 unspecified atom stereocenters. The molecule has 320 valence electrons. The molecule has 10 rings (SSSR count). The summed E-state index contributed by atoms with van der Waals surface area (Å²) in [5.41, 5.74) is 11.7. The molecule has 0 saturated carbocycles. The average molecular weight is 843 g/mol. The van der Waals surface area contributed by atoms with Gasteiger partial charge >= 0.3 is 6.09 Å². The lowest BCUT2D eigenvalue weighted by atomic mass is 9.96. The van der Waals surface area contributed by atoms with Gasteiger partial charge in [0.1, 0.15) is 17.2 Å². The first-order valence-electron chi connectivity index (χ1n) is 21.4. The van der Waals surface area contributed by atoms with Gasteiger partial charge in [0.05, 0.1) is 24.5 Å². The van der Waals surface area contributed by atoms with Crippen molar-refractivity contribution in [2.45, 2.75) is 39.5 Å². The number of ether oxygens (including phenoxy) is 1. The van der Waals surface area contributed by atoms with E-state index in [4.69, 9.17) is 14.7 Å². The number of pyridine rings is 4. The number of rotatable bonds is 6. The molecule has 2 aromatic carbocycles. The number of aromatic nitrogens is 4. The van der Waals surface area contributed by atoms with E-state index in [-0.39, 0.29) is 17.2 Å². The zero-order valence-corrected chi connectivity index (χ0v) is 35.7. The van der Waals surface area contributed by atoms with Gasteiger partial charge in [-0.15, -0.1) is 0 Å². The van der Waals surface area contributed by atoms with Gasteiger partial charge in [-0.3, -0.25) is 19.6 Å². The number of H-pyrrole nitrogens is 2. The molecule has 1 amide bonds. The molecule has 6 aromatic rings. The number of carbonyl (C=O) groups is 1. The smallest absolute Gasteiger partial charge is 0.410 e. The van der Waals surface area contributed by atoms with E-state index in [1.54, 1.807) is 29.4 Å². The van der Waals surface area contributed by atoms with Crippen molar-refractivity contribution in [1.29, 1.82) is 0 Å². The SMILES string of the molecule is CC(C)(C)OC(=O)N1CCN(c2cc(C3=NCc4ccc(-c5cc[nH]c(=O)c5)cc43)ccn2)CC1.O=c1cc(-c2ccc3c(c2)C(c2ccnc(N4CCNCC4)c2)=NC3)cc[nH]1. The molecule has 0 spiro atoms. The van der Waals surface area contributed by atoms with Crippen LogP contribution in [-0.2, 0) is 17.8 Å². The van der Waals surface area contributed by atoms with Crippen molar-refractivity contribution in [1.82, 2.24) is 30.2 Å². The summed E-state index contributed by atoms with van der Waals surface area (Å²) in [5.74, 6) is 1.87. The van der Waals surface area contributed by atoms with Gasteiger partial charge in [-0.05, 0) is 103 Å². The Morgan fingerprint density at radius 2 is 1.05 bits per heavy atom. The normalized spacial score (nSPS) is 15.8. The first-order chi connectivity index (χ1) is 30.5. The Balaban J connectivity index is 0.000000164. The van der Waals surface area contributed by atoms with Crippen molar-refractivity contribution in [3.8, 4) is 22.3 Å². The molecule has 3 N–H and O–H groups in total. The van der Waals surface area contributed by atoms with Gasteiger partial charge in [-0.2, -0.15) is 0 Å². The van der Waals surface area contributed by atoms with Crippen molar-refractivity contribution >= 4 is 29.2 Å². The van der Waals surface area contributed by atoms with Crippen LogP contribution in [0.3, 0.4) is 0 Å². The maximum absolute atomic E-state index is 12.4. The van der Waals surface area contributed by atoms with Gasteiger partial charge in [-0.1, -0.05) is 24.3 Å². The van der Waals surface area contributed by atoms with E-state index >= 15 is 0 Å². The minimum absolute atomic E-state index is 0.0957. The summed E-state index contributed by atoms with van der Waals surface area (Å²) >= 11 is 0. The molecule has 8 heterocycles. The molecule has 0 atom stereocenters. The summed E-state index contributed by atoms with van der Waals surface area (Å²) < 4.78 is 5.50. The third kappa shape index (κ3) is 9.36. The van der Waals surface area contributed by atoms with Gasteiger partial charge in [0.15, 0.2) is 0 Å². The highest BCUT2D eigenvalue weighted by Gasteiger charge is 2.27. The maximum Gasteiger partial charge on any atom is 0.410 e. The Hall–Kier alpha value is -7.19. The van der Waals surface area contributed by atoms with E-state index in [9.17, 15) is 14.4 Å². The van der Waals surface area contributed by atoms with Crippen LogP contribution in [0.15, 0.2) is 129 Å². The summed E-state index contributed by atoms with van der Waals surface area (Å²) in [6, 6.07) is 27.8. The van der Waals surface area contributed by atoms with Gasteiger partial charge in [0.2, 0.25) is 11.1 Å². The van der Waals surface area contributed by atoms with Crippen LogP contribution >= 0.6 is 0 Å². The Kier molecular flexibility index (Phi) is 11.5. The van der Waals surface area contributed by atoms with Crippen molar-refractivity contribution < 1.29 is 9.53 Å². The van der Waals surface area contributed by atoms with E-state index in [1.807, 2.05) is 63.5 Å². The zero-order chi connectivity index (χ0) is 43.5. The number of hydrogen-bond acceptors (Lipinski definition) is 11. The van der Waals surface area contributed by atoms with E-state index < -0.39 is 5.60 Å². The van der Waals surface area contributed by atoms with Crippen molar-refractivity contribution in [2.24, 2.45) is 9.98 Å². The van der Waals surface area contributed by atoms with Crippen molar-refractivity contribution in [2.75, 3.05) is 62.2 Å². The van der Waals surface area contributed by atoms with E-state index in [0.29, 0.717) is 39.3 Å². The molecule has 2 saturated heterocycles. The summed E-state index contributed by atoms with van der Waals surface area (Å²) in [6.45, 7) is 13.4. The predicted molar refractivity (Wildman–Crippen MR) is 247 cm³/mol. The summed E-state index contributed by atoms with van der Waals surface area (Å²) in [4.78, 5) is 66.2. The summed E-state index contributed by atoms with van der Waals surface area (Å²) in [5, 5.41) is 3.38. The number of aliphatic imine (C=N–C) groups is 2. The third-order valence-corrected chi connectivity index (χ3v) is 11.5. The molecule has 4 aromatic heterocycles. The lowest BCUT2D eigenvalue weighted by molar-refractivity contribution is 0.0240. The lowest BCUT2D eigenvalue weighted by Crippen LogP contribution is -2.50. The Bertz CT molecular complexity index is 2840. The fourth-order valence-corrected chi connectivity index (χ4v) is 8.29. The molecule has 0 bridgehead atoms. The van der Waals surface area contributed by atoms with Crippen LogP contribution < -0.4 is 26.2 Å². The first-order valence-corrected chi connectivity index (χ1v) is 21.4. The monoisotopic (exact) mass is 842 g/mol. The number of fused-ring (bicyclic) bond motifs is 2. The van der Waals surface area contributed by atoms with E-state index in [2.05, 4.69) is 77.5 Å². The first kappa shape index (κ1) is 41.2. The highest BCUT2D eigenvalue weighted by Crippen LogP contribution is 2.31. The number of piperazine rings is 2. The number of hydrogen-bond donors (Lipinski definition) is 3. The second kappa shape index (κ2) is 17.7. The number of nitrogens with zero attached hydrogens (tertiary/aromatic N) is 7. The van der Waals surface area contributed by atoms with Crippen LogP contribution in [0, 0.1) is 0 Å². The standard InChI is InChI=1S/C27H29N5O3.C22H21N5O/c1-27(2,3)35-26(34)32-12-10-31(11-13-32)23-15-20(7-8-28-23)25-22-14-18(4-5-21(22)17-30-25)19-6-9-29-24(33)16-19;28-21-13-16(3-6-25-21)15-1-2-18-14-26-22(19(18)11-15)17-4-5-24-20(12-17)27-9-7-23-8-10-27/h4-9,14-16H,10-13,17H2,1-3H3,(H,29,33);1-6,11-13,23H,7-10,14H2,(H,25,28). The van der Waals surface area contributed by atoms with Crippen LogP contribution in [-0.4, -0.2) is 100 Å². The fraction of sp³-hybridized carbons (Fsp3) is 0.286. The van der Waals surface area contributed by atoms with Crippen LogP contribution in [0.1, 0.15) is 54.2 Å². The molecule has 2 fully saturated rings. The second-order valence-electron chi connectivity index (χ2n) is 17.0. The molecule has 63 heavy (non-hydrogen) atoms. The van der Waals surface area contributed by atoms with Gasteiger partial charge in [-0.25, -0.2) is 14.8 Å². The van der Waals surface area contributed by atoms with Gasteiger partial charge in [0.25, 0.3) is 0 Å². The molecule has 14 nitrogen and oxygen atoms in total. The number of anilines is 2. The largest absolute Gasteiger partial charge is 0.444 e. The molecule has 0 aliphatic carbocycles. The number of benzene rings is 2. The molecule has 4 aliphatic heterocycles. The Morgan fingerprint density at radius 3 is 1.52 bits per heavy atom. The van der Waals surface area contributed by atoms with Crippen LogP contribution in [0.4, 0.5) is 16.4 Å². The topological polar surface area (TPSA) is 164 Å². The Morgan fingerprint density at radius 1 is 0.571 bits per heavy atom. The summed E-state index contributed by atoms with van der Waals surface area (Å²) in [6.07, 6.45) is 6.76. The van der Waals surface area contributed by atoms with Crippen LogP contribution in [0.2, 0.25) is 0 Å². The highest BCUT2D eigenvalue weighted by molar-refractivity contribution is 6.16. The van der Waals surface area contributed by atoms with E-state index in [0.717, 1.165) is 99.3 Å². The zero-order valence-electron chi connectivity index (χ0n) is 35.7. The van der Waals surface area contributed by atoms with Crippen LogP contribution in [0.25, 0.3) is 22.3 Å². The Labute approximate surface area is 365 Å². The minimum atomic E-state index is -0.501. The molecular formula is C49H50N10O4. The number of amides is 1. The predicted octanol–water partition coefficient (Wildman–Crippen LogP) is 6.04. The maximum atomic E-state index is 12.4. The third-order valence-electron chi connectivity index (χ3n) is 11.5. The summed E-state index contributed by atoms with van der Waals surface area (Å²) in [7, 11) is 0. The quantitative estimate of drug-likeness (QED) is 0.181. The number of nitrogens with one attached hydrogen (secondary N) is 3. The molecule has 0 radical (unpaired) electrons. The fourth-order valence-electron chi connectivity index (χ4n) is 8.29. The highest BCUT2D eigenvalue weighted by atomic mass is 16.6. The average Bonchev–Trinajstić information content (AvgIpc) is 3.93.